The summed E-state index contributed by atoms with van der Waals surface area (Å²) in [5, 5.41) is 0. The van der Waals surface area contributed by atoms with Crippen LogP contribution in [0, 0.1) is 0 Å². The number of ether oxygens (including phenoxy) is 1. The maximum absolute atomic E-state index is 11.3. The number of nitrogens with zero attached hydrogens (tertiary/aromatic N) is 2. The van der Waals surface area contributed by atoms with Gasteiger partial charge in [-0.2, -0.15) is 4.57 Å². The van der Waals surface area contributed by atoms with Crippen molar-refractivity contribution in [3.05, 3.63) is 24.5 Å². The van der Waals surface area contributed by atoms with E-state index in [1.54, 1.807) is 20.2 Å². The van der Waals surface area contributed by atoms with Crippen LogP contribution in [0.2, 0.25) is 0 Å². The van der Waals surface area contributed by atoms with E-state index in [1.165, 1.54) is 4.90 Å². The van der Waals surface area contributed by atoms with E-state index in [2.05, 4.69) is 13.8 Å². The Labute approximate surface area is 113 Å². The fourth-order valence-electron chi connectivity index (χ4n) is 1.04. The lowest BCUT2D eigenvalue weighted by Crippen LogP contribution is -3.00. The summed E-state index contributed by atoms with van der Waals surface area (Å²) >= 11 is 0. The lowest BCUT2D eigenvalue weighted by molar-refractivity contribution is -0.716. The minimum absolute atomic E-state index is 0. The Morgan fingerprint density at radius 2 is 2.06 bits per heavy atom. The Hall–Kier alpha value is -0.850. The highest BCUT2D eigenvalue weighted by atomic mass is 127. The van der Waals surface area contributed by atoms with Crippen LogP contribution in [0.4, 0.5) is 4.79 Å². The number of carbonyl (C=O) groups is 1. The number of hydrogen-bond donors (Lipinski definition) is 0. The highest BCUT2D eigenvalue weighted by Crippen LogP contribution is 2.08. The molecule has 0 aliphatic carbocycles. The predicted molar refractivity (Wildman–Crippen MR) is 56.7 cm³/mol. The number of aromatic nitrogens is 1. The Morgan fingerprint density at radius 3 is 2.56 bits per heavy atom. The Bertz CT molecular complexity index is 354. The van der Waals surface area contributed by atoms with E-state index in [1.807, 2.05) is 23.0 Å². The second-order valence-corrected chi connectivity index (χ2v) is 3.84. The summed E-state index contributed by atoms with van der Waals surface area (Å²) in [5.41, 5.74) is 0. The van der Waals surface area contributed by atoms with E-state index >= 15 is 0 Å². The van der Waals surface area contributed by atoms with E-state index in [4.69, 9.17) is 4.74 Å². The summed E-state index contributed by atoms with van der Waals surface area (Å²) in [4.78, 5) is 12.7. The van der Waals surface area contributed by atoms with Crippen LogP contribution in [-0.2, 0) is 0 Å². The summed E-state index contributed by atoms with van der Waals surface area (Å²) in [7, 11) is 3.31. The summed E-state index contributed by atoms with van der Waals surface area (Å²) in [6, 6.07) is 3.97. The largest absolute Gasteiger partial charge is 1.00 e. The number of hydrogen-bond acceptors (Lipinski definition) is 2. The second-order valence-electron chi connectivity index (χ2n) is 3.84. The summed E-state index contributed by atoms with van der Waals surface area (Å²) < 4.78 is 7.12. The molecule has 5 heteroatoms. The molecule has 0 N–H and O–H groups in total. The minimum atomic E-state index is -0.364. The Kier molecular flexibility index (Phi) is 6.32. The first-order valence-corrected chi connectivity index (χ1v) is 4.90. The molecule has 1 amide bonds. The molecule has 0 aromatic carbocycles. The average Bonchev–Trinajstić information content (AvgIpc) is 2.18. The normalized spacial score (nSPS) is 9.56. The van der Waals surface area contributed by atoms with Crippen LogP contribution in [-0.4, -0.2) is 25.1 Å². The van der Waals surface area contributed by atoms with Gasteiger partial charge in [-0.1, -0.05) is 0 Å². The molecule has 1 rings (SSSR count). The van der Waals surface area contributed by atoms with Crippen LogP contribution in [0.15, 0.2) is 24.5 Å². The van der Waals surface area contributed by atoms with Gasteiger partial charge < -0.3 is 33.6 Å². The standard InChI is InChI=1S/C11H17N2O2.HI/c1-9(2)13-7-5-6-10(8-13)15-11(14)12(3)4;/h5-9H,1-4H3;1H/q+1;/p-1. The maximum Gasteiger partial charge on any atom is 0.414 e. The van der Waals surface area contributed by atoms with Crippen molar-refractivity contribution in [2.75, 3.05) is 14.1 Å². The smallest absolute Gasteiger partial charge is 0.414 e. The molecule has 90 valence electrons. The van der Waals surface area contributed by atoms with Gasteiger partial charge in [-0.25, -0.2) is 4.79 Å². The zero-order valence-electron chi connectivity index (χ0n) is 9.98. The third-order valence-electron chi connectivity index (χ3n) is 1.96. The van der Waals surface area contributed by atoms with Crippen molar-refractivity contribution in [1.29, 1.82) is 0 Å². The van der Waals surface area contributed by atoms with Crippen LogP contribution in [0.3, 0.4) is 0 Å². The SMILES string of the molecule is CC(C)[n+]1cccc(OC(=O)N(C)C)c1.[I-]. The van der Waals surface area contributed by atoms with Crippen molar-refractivity contribution in [1.82, 2.24) is 4.90 Å². The molecule has 0 aliphatic heterocycles. The number of pyridine rings is 1. The Morgan fingerprint density at radius 1 is 1.44 bits per heavy atom. The van der Waals surface area contributed by atoms with Gasteiger partial charge in [-0.15, -0.1) is 0 Å². The second kappa shape index (κ2) is 6.67. The van der Waals surface area contributed by atoms with Gasteiger partial charge >= 0.3 is 6.09 Å². The molecule has 0 radical (unpaired) electrons. The molecule has 0 atom stereocenters. The molecule has 0 saturated carbocycles. The first-order valence-electron chi connectivity index (χ1n) is 4.90. The fraction of sp³-hybridized carbons (Fsp3) is 0.455. The molecule has 0 fully saturated rings. The molecular weight excluding hydrogens is 319 g/mol. The third kappa shape index (κ3) is 4.34. The minimum Gasteiger partial charge on any atom is -1.00 e. The van der Waals surface area contributed by atoms with Gasteiger partial charge in [0.05, 0.1) is 0 Å². The molecule has 0 aliphatic rings. The zero-order chi connectivity index (χ0) is 11.4. The summed E-state index contributed by atoms with van der Waals surface area (Å²) in [5.74, 6) is 0.560. The summed E-state index contributed by atoms with van der Waals surface area (Å²) in [6.07, 6.45) is 3.39. The molecule has 0 spiro atoms. The van der Waals surface area contributed by atoms with Crippen molar-refractivity contribution in [2.24, 2.45) is 0 Å². The van der Waals surface area contributed by atoms with E-state index in [0.717, 1.165) is 0 Å². The number of rotatable bonds is 2. The number of carbonyl (C=O) groups excluding carboxylic acids is 1. The average molecular weight is 336 g/mol. The highest BCUT2D eigenvalue weighted by Gasteiger charge is 2.11. The van der Waals surface area contributed by atoms with Gasteiger partial charge in [-0.3, -0.25) is 0 Å². The monoisotopic (exact) mass is 336 g/mol. The zero-order valence-corrected chi connectivity index (χ0v) is 12.1. The lowest BCUT2D eigenvalue weighted by Gasteiger charge is -2.10. The first-order chi connectivity index (χ1) is 7.00. The topological polar surface area (TPSA) is 33.4 Å². The molecule has 1 aromatic heterocycles. The third-order valence-corrected chi connectivity index (χ3v) is 1.96. The van der Waals surface area contributed by atoms with E-state index in [0.29, 0.717) is 11.8 Å². The molecular formula is C11H17IN2O2. The van der Waals surface area contributed by atoms with Crippen molar-refractivity contribution in [3.63, 3.8) is 0 Å². The molecule has 0 bridgehead atoms. The quantitative estimate of drug-likeness (QED) is 0.493. The first kappa shape index (κ1) is 15.2. The van der Waals surface area contributed by atoms with Crippen LogP contribution < -0.4 is 33.3 Å². The van der Waals surface area contributed by atoms with Crippen LogP contribution in [0.1, 0.15) is 19.9 Å². The van der Waals surface area contributed by atoms with Crippen molar-refractivity contribution >= 4 is 6.09 Å². The fourth-order valence-corrected chi connectivity index (χ4v) is 1.04. The van der Waals surface area contributed by atoms with E-state index in [9.17, 15) is 4.79 Å². The molecule has 0 saturated heterocycles. The van der Waals surface area contributed by atoms with Crippen molar-refractivity contribution in [3.8, 4) is 5.75 Å². The van der Waals surface area contributed by atoms with Crippen LogP contribution in [0.25, 0.3) is 0 Å². The highest BCUT2D eigenvalue weighted by molar-refractivity contribution is 5.69. The van der Waals surface area contributed by atoms with Gasteiger partial charge in [0.1, 0.15) is 0 Å². The number of amides is 1. The molecule has 1 heterocycles. The maximum atomic E-state index is 11.3. The van der Waals surface area contributed by atoms with Gasteiger partial charge in [-0.05, 0) is 19.9 Å². The predicted octanol–water partition coefficient (Wildman–Crippen LogP) is -1.38. The van der Waals surface area contributed by atoms with E-state index in [-0.39, 0.29) is 30.1 Å². The van der Waals surface area contributed by atoms with Crippen LogP contribution >= 0.6 is 0 Å². The number of halogens is 1. The van der Waals surface area contributed by atoms with E-state index < -0.39 is 0 Å². The van der Waals surface area contributed by atoms with Gasteiger partial charge in [0.2, 0.25) is 6.20 Å². The van der Waals surface area contributed by atoms with Gasteiger partial charge in [0.15, 0.2) is 18.0 Å². The lowest BCUT2D eigenvalue weighted by atomic mass is 10.3. The van der Waals surface area contributed by atoms with Gasteiger partial charge in [0, 0.05) is 20.2 Å². The van der Waals surface area contributed by atoms with Crippen molar-refractivity contribution in [2.45, 2.75) is 19.9 Å². The molecule has 0 unspecified atom stereocenters. The van der Waals surface area contributed by atoms with Gasteiger partial charge in [0.25, 0.3) is 0 Å². The Balaban J connectivity index is 0.00000225. The van der Waals surface area contributed by atoms with Crippen molar-refractivity contribution < 1.29 is 38.1 Å². The molecule has 4 nitrogen and oxygen atoms in total. The molecule has 16 heavy (non-hydrogen) atoms. The van der Waals surface area contributed by atoms with Crippen LogP contribution in [0.5, 0.6) is 5.75 Å². The molecule has 1 aromatic rings. The summed E-state index contributed by atoms with van der Waals surface area (Å²) in [6.45, 7) is 4.13.